The van der Waals surface area contributed by atoms with Gasteiger partial charge < -0.3 is 5.11 Å². The fourth-order valence-electron chi connectivity index (χ4n) is 2.06. The van der Waals surface area contributed by atoms with Crippen molar-refractivity contribution in [3.8, 4) is 0 Å². The third-order valence-corrected chi connectivity index (χ3v) is 4.49. The van der Waals surface area contributed by atoms with Crippen LogP contribution in [0.1, 0.15) is 34.7 Å². The Bertz CT molecular complexity index is 508. The Morgan fingerprint density at radius 3 is 2.22 bits per heavy atom. The Hall–Kier alpha value is -1.12. The molecule has 96 valence electrons. The lowest BCUT2D eigenvalue weighted by molar-refractivity contribution is 0.0585. The minimum atomic E-state index is -0.788. The Kier molecular flexibility index (Phi) is 3.88. The minimum Gasteiger partial charge on any atom is -0.385 e. The fraction of sp³-hybridized carbons (Fsp3) is 0.375. The second kappa shape index (κ2) is 5.25. The number of benzene rings is 1. The molecule has 0 aliphatic heterocycles. The molecule has 0 bridgehead atoms. The van der Waals surface area contributed by atoms with Crippen LogP contribution in [0.15, 0.2) is 36.4 Å². The summed E-state index contributed by atoms with van der Waals surface area (Å²) < 4.78 is 0. The van der Waals surface area contributed by atoms with Crippen molar-refractivity contribution in [3.63, 3.8) is 0 Å². The van der Waals surface area contributed by atoms with Crippen molar-refractivity contribution in [2.24, 2.45) is 0 Å². The molecule has 0 aliphatic carbocycles. The highest BCUT2D eigenvalue weighted by Crippen LogP contribution is 2.29. The van der Waals surface area contributed by atoms with E-state index in [0.717, 1.165) is 12.0 Å². The number of hydrogen-bond acceptors (Lipinski definition) is 2. The molecule has 0 spiro atoms. The fourth-order valence-corrected chi connectivity index (χ4v) is 3.17. The zero-order valence-electron chi connectivity index (χ0n) is 11.2. The Morgan fingerprint density at radius 2 is 1.67 bits per heavy atom. The van der Waals surface area contributed by atoms with E-state index in [-0.39, 0.29) is 0 Å². The van der Waals surface area contributed by atoms with Crippen LogP contribution in [-0.2, 0) is 18.4 Å². The Balaban J connectivity index is 2.18. The van der Waals surface area contributed by atoms with Crippen LogP contribution in [0.3, 0.4) is 0 Å². The highest BCUT2D eigenvalue weighted by molar-refractivity contribution is 7.12. The van der Waals surface area contributed by atoms with Crippen molar-refractivity contribution in [2.75, 3.05) is 0 Å². The molecule has 1 nitrogen and oxygen atoms in total. The first-order chi connectivity index (χ1) is 8.51. The van der Waals surface area contributed by atoms with Gasteiger partial charge in [-0.05, 0) is 38.0 Å². The molecular formula is C16H20OS. The molecule has 0 saturated carbocycles. The molecule has 0 amide bonds. The third kappa shape index (κ3) is 3.01. The van der Waals surface area contributed by atoms with Crippen LogP contribution in [0.4, 0.5) is 0 Å². The first-order valence-electron chi connectivity index (χ1n) is 6.38. The highest BCUT2D eigenvalue weighted by atomic mass is 32.1. The molecular weight excluding hydrogens is 240 g/mol. The minimum absolute atomic E-state index is 0.681. The van der Waals surface area contributed by atoms with Crippen molar-refractivity contribution < 1.29 is 5.11 Å². The Labute approximate surface area is 113 Å². The highest BCUT2D eigenvalue weighted by Gasteiger charge is 2.24. The van der Waals surface area contributed by atoms with Crippen LogP contribution in [0.2, 0.25) is 0 Å². The normalized spacial score (nSPS) is 14.4. The van der Waals surface area contributed by atoms with Gasteiger partial charge in [-0.15, -0.1) is 11.3 Å². The molecule has 1 atom stereocenters. The zero-order chi connectivity index (χ0) is 13.2. The van der Waals surface area contributed by atoms with Crippen LogP contribution in [-0.4, -0.2) is 5.11 Å². The number of aliphatic hydroxyl groups is 1. The molecule has 1 N–H and O–H groups in total. The van der Waals surface area contributed by atoms with Gasteiger partial charge in [0.25, 0.3) is 0 Å². The van der Waals surface area contributed by atoms with E-state index in [1.54, 1.807) is 11.3 Å². The van der Waals surface area contributed by atoms with E-state index >= 15 is 0 Å². The lowest BCUT2D eigenvalue weighted by Crippen LogP contribution is -2.23. The van der Waals surface area contributed by atoms with E-state index in [1.807, 2.05) is 19.1 Å². The van der Waals surface area contributed by atoms with E-state index in [0.29, 0.717) is 6.42 Å². The molecule has 2 aromatic rings. The summed E-state index contributed by atoms with van der Waals surface area (Å²) in [7, 11) is 0. The van der Waals surface area contributed by atoms with Crippen molar-refractivity contribution in [2.45, 2.75) is 39.2 Å². The summed E-state index contributed by atoms with van der Waals surface area (Å²) in [5.74, 6) is 0. The predicted molar refractivity (Wildman–Crippen MR) is 78.2 cm³/mol. The van der Waals surface area contributed by atoms with Crippen LogP contribution >= 0.6 is 11.3 Å². The topological polar surface area (TPSA) is 20.2 Å². The smallest absolute Gasteiger partial charge is 0.0916 e. The van der Waals surface area contributed by atoms with E-state index in [1.165, 1.54) is 15.3 Å². The van der Waals surface area contributed by atoms with E-state index in [9.17, 15) is 5.11 Å². The van der Waals surface area contributed by atoms with Gasteiger partial charge >= 0.3 is 0 Å². The van der Waals surface area contributed by atoms with E-state index < -0.39 is 5.60 Å². The third-order valence-electron chi connectivity index (χ3n) is 3.26. The zero-order valence-corrected chi connectivity index (χ0v) is 12.1. The van der Waals surface area contributed by atoms with Crippen molar-refractivity contribution in [3.05, 3.63) is 57.3 Å². The molecule has 2 rings (SSSR count). The van der Waals surface area contributed by atoms with Gasteiger partial charge in [-0.1, -0.05) is 36.8 Å². The maximum Gasteiger partial charge on any atom is 0.0916 e. The van der Waals surface area contributed by atoms with Gasteiger partial charge in [0.2, 0.25) is 0 Å². The van der Waals surface area contributed by atoms with Gasteiger partial charge in [-0.25, -0.2) is 0 Å². The molecule has 1 aromatic heterocycles. The molecule has 1 unspecified atom stereocenters. The quantitative estimate of drug-likeness (QED) is 0.878. The lowest BCUT2D eigenvalue weighted by atomic mass is 9.91. The Morgan fingerprint density at radius 1 is 1.06 bits per heavy atom. The second-order valence-electron chi connectivity index (χ2n) is 5.04. The molecule has 0 aliphatic rings. The summed E-state index contributed by atoms with van der Waals surface area (Å²) in [4.78, 5) is 2.63. The molecule has 2 heteroatoms. The molecule has 18 heavy (non-hydrogen) atoms. The molecule has 0 fully saturated rings. The lowest BCUT2D eigenvalue weighted by Gasteiger charge is -2.23. The number of rotatable bonds is 4. The van der Waals surface area contributed by atoms with Crippen LogP contribution in [0.25, 0.3) is 0 Å². The summed E-state index contributed by atoms with van der Waals surface area (Å²) in [6.45, 7) is 6.11. The van der Waals surface area contributed by atoms with Gasteiger partial charge in [-0.2, -0.15) is 0 Å². The molecule has 0 saturated heterocycles. The second-order valence-corrected chi connectivity index (χ2v) is 6.29. The first kappa shape index (κ1) is 13.3. The summed E-state index contributed by atoms with van der Waals surface area (Å²) in [5.41, 5.74) is 1.42. The summed E-state index contributed by atoms with van der Waals surface area (Å²) in [6.07, 6.45) is 1.75. The van der Waals surface area contributed by atoms with Crippen molar-refractivity contribution in [1.29, 1.82) is 0 Å². The van der Waals surface area contributed by atoms with Crippen LogP contribution < -0.4 is 0 Å². The average molecular weight is 260 g/mol. The monoisotopic (exact) mass is 260 g/mol. The number of hydrogen-bond donors (Lipinski definition) is 1. The number of thiophene rings is 1. The summed E-state index contributed by atoms with van der Waals surface area (Å²) in [5, 5.41) is 10.6. The summed E-state index contributed by atoms with van der Waals surface area (Å²) >= 11 is 1.80. The predicted octanol–water partition coefficient (Wildman–Crippen LogP) is 4.07. The maximum atomic E-state index is 10.6. The molecule has 1 aromatic carbocycles. The van der Waals surface area contributed by atoms with Crippen LogP contribution in [0, 0.1) is 6.92 Å². The maximum absolute atomic E-state index is 10.6. The summed E-state index contributed by atoms with van der Waals surface area (Å²) in [6, 6.07) is 12.4. The van der Waals surface area contributed by atoms with E-state index in [2.05, 4.69) is 38.1 Å². The molecule has 1 heterocycles. The largest absolute Gasteiger partial charge is 0.385 e. The average Bonchev–Trinajstić information content (AvgIpc) is 2.76. The SMILES string of the molecule is CCc1ccc(CC(C)(O)c2ccc(C)cc2)s1. The van der Waals surface area contributed by atoms with Crippen LogP contribution in [0.5, 0.6) is 0 Å². The van der Waals surface area contributed by atoms with Gasteiger partial charge in [0, 0.05) is 16.2 Å². The van der Waals surface area contributed by atoms with Crippen molar-refractivity contribution >= 4 is 11.3 Å². The van der Waals surface area contributed by atoms with Gasteiger partial charge in [0.15, 0.2) is 0 Å². The van der Waals surface area contributed by atoms with Crippen molar-refractivity contribution in [1.82, 2.24) is 0 Å². The van der Waals surface area contributed by atoms with Gasteiger partial charge in [0.1, 0.15) is 0 Å². The van der Waals surface area contributed by atoms with Gasteiger partial charge in [0.05, 0.1) is 5.60 Å². The van der Waals surface area contributed by atoms with E-state index in [4.69, 9.17) is 0 Å². The first-order valence-corrected chi connectivity index (χ1v) is 7.20. The standard InChI is InChI=1S/C16H20OS/c1-4-14-9-10-15(18-14)11-16(3,17)13-7-5-12(2)6-8-13/h5-10,17H,4,11H2,1-3H3. The van der Waals surface area contributed by atoms with Gasteiger partial charge in [-0.3, -0.25) is 0 Å². The molecule has 0 radical (unpaired) electrons. The number of aryl methyl sites for hydroxylation is 2.